The van der Waals surface area contributed by atoms with Crippen LogP contribution in [0.3, 0.4) is 0 Å². The molecule has 0 aliphatic rings. The van der Waals surface area contributed by atoms with E-state index in [9.17, 15) is 0 Å². The Morgan fingerprint density at radius 3 is 1.75 bits per heavy atom. The maximum Gasteiger partial charge on any atom is 0.0220 e. The monoisotopic (exact) mass is 290 g/mol. The normalized spacial score (nSPS) is 10.8. The number of thioether (sulfide) groups is 3. The van der Waals surface area contributed by atoms with Crippen LogP contribution in [0.15, 0.2) is 31.7 Å². The second kappa shape index (κ2) is 7.85. The van der Waals surface area contributed by atoms with Gasteiger partial charge in [0.2, 0.25) is 0 Å². The van der Waals surface area contributed by atoms with Gasteiger partial charge in [-0.15, -0.1) is 47.9 Å². The van der Waals surface area contributed by atoms with Crippen LogP contribution < -0.4 is 0 Å². The van der Waals surface area contributed by atoms with E-state index in [0.717, 1.165) is 22.2 Å². The third-order valence-electron chi connectivity index (χ3n) is 1.92. The Labute approximate surface area is 117 Å². The average Bonchev–Trinajstić information content (AvgIpc) is 2.25. The van der Waals surface area contributed by atoms with Crippen LogP contribution in [0.2, 0.25) is 0 Å². The van der Waals surface area contributed by atoms with E-state index in [1.165, 1.54) is 14.7 Å². The molecule has 0 atom stereocenters. The lowest BCUT2D eigenvalue weighted by Crippen LogP contribution is -1.85. The van der Waals surface area contributed by atoms with Crippen molar-refractivity contribution < 1.29 is 0 Å². The van der Waals surface area contributed by atoms with Gasteiger partial charge >= 0.3 is 0 Å². The van der Waals surface area contributed by atoms with Crippen molar-refractivity contribution in [3.8, 4) is 0 Å². The molecule has 1 aromatic rings. The van der Waals surface area contributed by atoms with Crippen LogP contribution in [0.4, 0.5) is 0 Å². The fourth-order valence-electron chi connectivity index (χ4n) is 1.34. The zero-order valence-electron chi connectivity index (χ0n) is 9.95. The summed E-state index contributed by atoms with van der Waals surface area (Å²) in [5, 5.41) is 0. The standard InChI is InChI=1S/C12H18S4/c1-4-14-10-8-12(16-6-3)11(15-5-2)7-9(10)13/h7-8,13H,4-6H2,1-3H3. The minimum absolute atomic E-state index is 1.10. The summed E-state index contributed by atoms with van der Waals surface area (Å²) >= 11 is 10.3. The minimum Gasteiger partial charge on any atom is -0.142 e. The molecular formula is C12H18S4. The highest BCUT2D eigenvalue weighted by Gasteiger charge is 2.08. The fourth-order valence-corrected chi connectivity index (χ4v) is 4.39. The Hall–Kier alpha value is 0.620. The van der Waals surface area contributed by atoms with Crippen molar-refractivity contribution in [2.24, 2.45) is 0 Å². The summed E-state index contributed by atoms with van der Waals surface area (Å²) in [6.45, 7) is 6.57. The number of hydrogen-bond acceptors (Lipinski definition) is 4. The molecular weight excluding hydrogens is 272 g/mol. The van der Waals surface area contributed by atoms with Crippen molar-refractivity contribution >= 4 is 47.9 Å². The van der Waals surface area contributed by atoms with Gasteiger partial charge in [0.1, 0.15) is 0 Å². The van der Waals surface area contributed by atoms with Crippen molar-refractivity contribution in [1.82, 2.24) is 0 Å². The molecule has 0 fully saturated rings. The smallest absolute Gasteiger partial charge is 0.0220 e. The van der Waals surface area contributed by atoms with E-state index in [1.807, 2.05) is 35.3 Å². The third kappa shape index (κ3) is 4.13. The summed E-state index contributed by atoms with van der Waals surface area (Å²) in [5.74, 6) is 3.34. The van der Waals surface area contributed by atoms with Gasteiger partial charge in [-0.3, -0.25) is 0 Å². The highest BCUT2D eigenvalue weighted by molar-refractivity contribution is 8.02. The molecule has 16 heavy (non-hydrogen) atoms. The minimum atomic E-state index is 1.10. The van der Waals surface area contributed by atoms with Gasteiger partial charge in [0.05, 0.1) is 0 Å². The highest BCUT2D eigenvalue weighted by atomic mass is 32.2. The molecule has 0 unspecified atom stereocenters. The zero-order chi connectivity index (χ0) is 12.0. The van der Waals surface area contributed by atoms with Gasteiger partial charge in [0.15, 0.2) is 0 Å². The van der Waals surface area contributed by atoms with Gasteiger partial charge in [0.25, 0.3) is 0 Å². The fraction of sp³-hybridized carbons (Fsp3) is 0.500. The van der Waals surface area contributed by atoms with Crippen LogP contribution in [0, 0.1) is 0 Å². The van der Waals surface area contributed by atoms with Gasteiger partial charge in [0, 0.05) is 19.6 Å². The van der Waals surface area contributed by atoms with Crippen LogP contribution in [0.25, 0.3) is 0 Å². The Kier molecular flexibility index (Phi) is 7.20. The van der Waals surface area contributed by atoms with Crippen molar-refractivity contribution in [3.63, 3.8) is 0 Å². The first-order valence-corrected chi connectivity index (χ1v) is 8.88. The van der Waals surface area contributed by atoms with Gasteiger partial charge in [-0.25, -0.2) is 0 Å². The van der Waals surface area contributed by atoms with E-state index in [4.69, 9.17) is 0 Å². The molecule has 90 valence electrons. The van der Waals surface area contributed by atoms with Crippen molar-refractivity contribution in [1.29, 1.82) is 0 Å². The van der Waals surface area contributed by atoms with Gasteiger partial charge < -0.3 is 0 Å². The van der Waals surface area contributed by atoms with Crippen LogP contribution in [0.5, 0.6) is 0 Å². The van der Waals surface area contributed by atoms with Crippen molar-refractivity contribution in [2.45, 2.75) is 40.4 Å². The molecule has 0 nitrogen and oxygen atoms in total. The van der Waals surface area contributed by atoms with E-state index >= 15 is 0 Å². The van der Waals surface area contributed by atoms with Crippen LogP contribution in [0.1, 0.15) is 20.8 Å². The Balaban J connectivity index is 3.03. The molecule has 0 bridgehead atoms. The van der Waals surface area contributed by atoms with Crippen LogP contribution in [-0.4, -0.2) is 17.3 Å². The molecule has 0 aliphatic heterocycles. The topological polar surface area (TPSA) is 0 Å². The highest BCUT2D eigenvalue weighted by Crippen LogP contribution is 2.38. The maximum atomic E-state index is 4.57. The lowest BCUT2D eigenvalue weighted by Gasteiger charge is -2.11. The summed E-state index contributed by atoms with van der Waals surface area (Å²) in [6.07, 6.45) is 0. The van der Waals surface area contributed by atoms with Gasteiger partial charge in [-0.1, -0.05) is 20.8 Å². The largest absolute Gasteiger partial charge is 0.142 e. The van der Waals surface area contributed by atoms with Gasteiger partial charge in [-0.2, -0.15) is 0 Å². The molecule has 0 saturated carbocycles. The Bertz CT molecular complexity index is 336. The predicted molar refractivity (Wildman–Crippen MR) is 82.9 cm³/mol. The molecule has 1 rings (SSSR count). The first kappa shape index (κ1) is 14.7. The second-order valence-corrected chi connectivity index (χ2v) is 7.47. The lowest BCUT2D eigenvalue weighted by molar-refractivity contribution is 1.09. The van der Waals surface area contributed by atoms with Gasteiger partial charge in [-0.05, 0) is 29.4 Å². The van der Waals surface area contributed by atoms with Crippen LogP contribution >= 0.6 is 47.9 Å². The predicted octanol–water partition coefficient (Wildman–Crippen LogP) is 5.31. The molecule has 0 radical (unpaired) electrons. The first-order valence-electron chi connectivity index (χ1n) is 5.48. The summed E-state index contributed by atoms with van der Waals surface area (Å²) in [7, 11) is 0. The maximum absolute atomic E-state index is 4.57. The summed E-state index contributed by atoms with van der Waals surface area (Å²) < 4.78 is 0. The Morgan fingerprint density at radius 1 is 0.812 bits per heavy atom. The molecule has 0 spiro atoms. The zero-order valence-corrected chi connectivity index (χ0v) is 13.3. The summed E-state index contributed by atoms with van der Waals surface area (Å²) in [5.41, 5.74) is 0. The molecule has 0 N–H and O–H groups in total. The number of hydrogen-bond donors (Lipinski definition) is 1. The van der Waals surface area contributed by atoms with Crippen molar-refractivity contribution in [3.05, 3.63) is 12.1 Å². The number of thiol groups is 1. The molecule has 0 saturated heterocycles. The molecule has 0 aromatic heterocycles. The SMILES string of the molecule is CCSc1cc(SCC)c(SCC)cc1S. The van der Waals surface area contributed by atoms with Crippen molar-refractivity contribution in [2.75, 3.05) is 17.3 Å². The average molecular weight is 291 g/mol. The van der Waals surface area contributed by atoms with E-state index < -0.39 is 0 Å². The molecule has 0 aliphatic carbocycles. The molecule has 0 amide bonds. The molecule has 0 heterocycles. The van der Waals surface area contributed by atoms with E-state index in [1.54, 1.807) is 0 Å². The Morgan fingerprint density at radius 2 is 1.25 bits per heavy atom. The second-order valence-electron chi connectivity index (χ2n) is 3.07. The first-order chi connectivity index (χ1) is 7.72. The number of benzene rings is 1. The van der Waals surface area contributed by atoms with Crippen LogP contribution in [-0.2, 0) is 0 Å². The summed E-state index contributed by atoms with van der Waals surface area (Å²) in [6, 6.07) is 4.51. The molecule has 1 aromatic carbocycles. The molecule has 4 heteroatoms. The summed E-state index contributed by atoms with van der Waals surface area (Å²) in [4.78, 5) is 5.20. The third-order valence-corrected chi connectivity index (χ3v) is 5.39. The lowest BCUT2D eigenvalue weighted by atomic mass is 10.3. The van der Waals surface area contributed by atoms with E-state index in [0.29, 0.717) is 0 Å². The quantitative estimate of drug-likeness (QED) is 0.557. The van der Waals surface area contributed by atoms with E-state index in [2.05, 4.69) is 45.5 Å². The number of rotatable bonds is 6. The van der Waals surface area contributed by atoms with E-state index in [-0.39, 0.29) is 0 Å².